The zero-order chi connectivity index (χ0) is 12.3. The van der Waals surface area contributed by atoms with Crippen LogP contribution in [0, 0.1) is 6.92 Å². The standard InChI is InChI=1S/C12H18N4O/c1-8-4-6-15-12(10(8)11(13)17)16-9-3-2-5-14-7-9/h4,6,9,14H,2-3,5,7H2,1H3,(H2,13,17)(H,15,16). The molecular weight excluding hydrogens is 216 g/mol. The highest BCUT2D eigenvalue weighted by Gasteiger charge is 2.17. The Labute approximate surface area is 101 Å². The van der Waals surface area contributed by atoms with Crippen LogP contribution in [0.5, 0.6) is 0 Å². The van der Waals surface area contributed by atoms with Gasteiger partial charge in [-0.2, -0.15) is 0 Å². The van der Waals surface area contributed by atoms with E-state index in [4.69, 9.17) is 5.73 Å². The van der Waals surface area contributed by atoms with E-state index < -0.39 is 5.91 Å². The molecule has 1 aliphatic rings. The van der Waals surface area contributed by atoms with Gasteiger partial charge in [0.2, 0.25) is 0 Å². The molecule has 1 fully saturated rings. The fraction of sp³-hybridized carbons (Fsp3) is 0.500. The first-order chi connectivity index (χ1) is 8.18. The highest BCUT2D eigenvalue weighted by atomic mass is 16.1. The molecule has 2 heterocycles. The number of nitrogens with one attached hydrogen (secondary N) is 2. The second-order valence-corrected chi connectivity index (χ2v) is 4.40. The van der Waals surface area contributed by atoms with Crippen LogP contribution in [0.25, 0.3) is 0 Å². The molecule has 1 aliphatic heterocycles. The normalized spacial score (nSPS) is 19.9. The number of pyridine rings is 1. The number of aryl methyl sites for hydroxylation is 1. The fourth-order valence-electron chi connectivity index (χ4n) is 2.15. The van der Waals surface area contributed by atoms with E-state index in [0.29, 0.717) is 17.4 Å². The summed E-state index contributed by atoms with van der Waals surface area (Å²) in [5.74, 6) is 0.174. The minimum absolute atomic E-state index is 0.316. The van der Waals surface area contributed by atoms with Crippen molar-refractivity contribution in [2.45, 2.75) is 25.8 Å². The van der Waals surface area contributed by atoms with Gasteiger partial charge in [0.05, 0.1) is 5.56 Å². The average Bonchev–Trinajstić information content (AvgIpc) is 2.30. The lowest BCUT2D eigenvalue weighted by Crippen LogP contribution is -2.39. The van der Waals surface area contributed by atoms with Crippen molar-refractivity contribution < 1.29 is 4.79 Å². The van der Waals surface area contributed by atoms with Gasteiger partial charge >= 0.3 is 0 Å². The van der Waals surface area contributed by atoms with Crippen LogP contribution in [0.2, 0.25) is 0 Å². The van der Waals surface area contributed by atoms with Gasteiger partial charge in [-0.05, 0) is 37.9 Å². The summed E-state index contributed by atoms with van der Waals surface area (Å²) in [6.07, 6.45) is 3.91. The molecule has 1 amide bonds. The second-order valence-electron chi connectivity index (χ2n) is 4.40. The number of piperidine rings is 1. The minimum Gasteiger partial charge on any atom is -0.365 e. The molecule has 92 valence electrons. The van der Waals surface area contributed by atoms with Crippen LogP contribution in [-0.4, -0.2) is 30.0 Å². The van der Waals surface area contributed by atoms with E-state index in [-0.39, 0.29) is 0 Å². The van der Waals surface area contributed by atoms with Crippen LogP contribution in [0.1, 0.15) is 28.8 Å². The van der Waals surface area contributed by atoms with E-state index in [1.54, 1.807) is 12.3 Å². The van der Waals surface area contributed by atoms with Gasteiger partial charge in [0.1, 0.15) is 5.82 Å². The number of nitrogens with two attached hydrogens (primary N) is 1. The molecule has 5 heteroatoms. The predicted octanol–water partition coefficient (Wildman–Crippen LogP) is 0.653. The molecular formula is C12H18N4O. The third-order valence-electron chi connectivity index (χ3n) is 3.04. The summed E-state index contributed by atoms with van der Waals surface area (Å²) in [6, 6.07) is 2.11. The molecule has 1 atom stereocenters. The number of rotatable bonds is 3. The Kier molecular flexibility index (Phi) is 3.58. The molecule has 0 saturated carbocycles. The molecule has 0 bridgehead atoms. The van der Waals surface area contributed by atoms with Crippen LogP contribution in [0.15, 0.2) is 12.3 Å². The summed E-state index contributed by atoms with van der Waals surface area (Å²) < 4.78 is 0. The van der Waals surface area contributed by atoms with Crippen molar-refractivity contribution in [2.75, 3.05) is 18.4 Å². The smallest absolute Gasteiger partial charge is 0.252 e. The van der Waals surface area contributed by atoms with Crippen molar-refractivity contribution in [1.82, 2.24) is 10.3 Å². The van der Waals surface area contributed by atoms with E-state index >= 15 is 0 Å². The van der Waals surface area contributed by atoms with Crippen LogP contribution in [0.4, 0.5) is 5.82 Å². The maximum Gasteiger partial charge on any atom is 0.252 e. The maximum atomic E-state index is 11.4. The lowest BCUT2D eigenvalue weighted by molar-refractivity contribution is 0.1000. The quantitative estimate of drug-likeness (QED) is 0.717. The molecule has 2 rings (SSSR count). The van der Waals surface area contributed by atoms with Crippen LogP contribution < -0.4 is 16.4 Å². The monoisotopic (exact) mass is 234 g/mol. The van der Waals surface area contributed by atoms with Gasteiger partial charge in [-0.3, -0.25) is 4.79 Å². The number of hydrogen-bond donors (Lipinski definition) is 3. The number of primary amides is 1. The Hall–Kier alpha value is -1.62. The molecule has 0 aromatic carbocycles. The van der Waals surface area contributed by atoms with Crippen LogP contribution >= 0.6 is 0 Å². The summed E-state index contributed by atoms with van der Waals surface area (Å²) in [6.45, 7) is 3.82. The Morgan fingerprint density at radius 1 is 1.65 bits per heavy atom. The lowest BCUT2D eigenvalue weighted by Gasteiger charge is -2.25. The van der Waals surface area contributed by atoms with Gasteiger partial charge in [-0.15, -0.1) is 0 Å². The largest absolute Gasteiger partial charge is 0.365 e. The Morgan fingerprint density at radius 2 is 2.47 bits per heavy atom. The van der Waals surface area contributed by atoms with Gasteiger partial charge in [0.15, 0.2) is 0 Å². The number of amides is 1. The molecule has 1 saturated heterocycles. The van der Waals surface area contributed by atoms with Crippen molar-refractivity contribution >= 4 is 11.7 Å². The van der Waals surface area contributed by atoms with E-state index in [2.05, 4.69) is 15.6 Å². The van der Waals surface area contributed by atoms with E-state index in [9.17, 15) is 4.79 Å². The van der Waals surface area contributed by atoms with Crippen molar-refractivity contribution in [3.05, 3.63) is 23.4 Å². The third-order valence-corrected chi connectivity index (χ3v) is 3.04. The number of aromatic nitrogens is 1. The van der Waals surface area contributed by atoms with Crippen molar-refractivity contribution in [2.24, 2.45) is 5.73 Å². The van der Waals surface area contributed by atoms with Gasteiger partial charge in [-0.1, -0.05) is 0 Å². The van der Waals surface area contributed by atoms with Crippen molar-refractivity contribution in [3.8, 4) is 0 Å². The maximum absolute atomic E-state index is 11.4. The molecule has 1 aromatic heterocycles. The number of anilines is 1. The van der Waals surface area contributed by atoms with Gasteiger partial charge in [0.25, 0.3) is 5.91 Å². The first kappa shape index (κ1) is 11.9. The fourth-order valence-corrected chi connectivity index (χ4v) is 2.15. The number of nitrogens with zero attached hydrogens (tertiary/aromatic N) is 1. The zero-order valence-electron chi connectivity index (χ0n) is 9.99. The van der Waals surface area contributed by atoms with Crippen molar-refractivity contribution in [1.29, 1.82) is 0 Å². The van der Waals surface area contributed by atoms with Gasteiger partial charge in [0, 0.05) is 18.8 Å². The van der Waals surface area contributed by atoms with E-state index in [1.165, 1.54) is 0 Å². The topological polar surface area (TPSA) is 80.0 Å². The summed E-state index contributed by atoms with van der Waals surface area (Å²) in [5, 5.41) is 6.61. The average molecular weight is 234 g/mol. The zero-order valence-corrected chi connectivity index (χ0v) is 9.99. The predicted molar refractivity (Wildman–Crippen MR) is 67.0 cm³/mol. The van der Waals surface area contributed by atoms with Crippen LogP contribution in [0.3, 0.4) is 0 Å². The first-order valence-corrected chi connectivity index (χ1v) is 5.91. The lowest BCUT2D eigenvalue weighted by atomic mass is 10.1. The summed E-state index contributed by atoms with van der Waals surface area (Å²) >= 11 is 0. The molecule has 0 spiro atoms. The molecule has 17 heavy (non-hydrogen) atoms. The highest BCUT2D eigenvalue weighted by Crippen LogP contribution is 2.18. The first-order valence-electron chi connectivity index (χ1n) is 5.91. The Balaban J connectivity index is 2.19. The number of hydrogen-bond acceptors (Lipinski definition) is 4. The molecule has 5 nitrogen and oxygen atoms in total. The van der Waals surface area contributed by atoms with Gasteiger partial charge in [-0.25, -0.2) is 4.98 Å². The molecule has 4 N–H and O–H groups in total. The second kappa shape index (κ2) is 5.14. The van der Waals surface area contributed by atoms with Crippen LogP contribution in [-0.2, 0) is 0 Å². The van der Waals surface area contributed by atoms with Gasteiger partial charge < -0.3 is 16.4 Å². The molecule has 1 aromatic rings. The number of carbonyl (C=O) groups excluding carboxylic acids is 1. The Bertz CT molecular complexity index is 413. The summed E-state index contributed by atoms with van der Waals surface area (Å²) in [7, 11) is 0. The Morgan fingerprint density at radius 3 is 3.12 bits per heavy atom. The third kappa shape index (κ3) is 2.74. The SMILES string of the molecule is Cc1ccnc(NC2CCCNC2)c1C(N)=O. The van der Waals surface area contributed by atoms with E-state index in [1.807, 2.05) is 6.92 Å². The van der Waals surface area contributed by atoms with E-state index in [0.717, 1.165) is 31.5 Å². The summed E-state index contributed by atoms with van der Waals surface area (Å²) in [4.78, 5) is 15.6. The molecule has 0 aliphatic carbocycles. The number of carbonyl (C=O) groups is 1. The highest BCUT2D eigenvalue weighted by molar-refractivity contribution is 5.99. The minimum atomic E-state index is -0.429. The summed E-state index contributed by atoms with van der Waals surface area (Å²) in [5.41, 5.74) is 6.74. The van der Waals surface area contributed by atoms with Crippen molar-refractivity contribution in [3.63, 3.8) is 0 Å². The molecule has 1 unspecified atom stereocenters. The molecule has 0 radical (unpaired) electrons.